The molecule has 88 valence electrons. The Balaban J connectivity index is 1.81. The van der Waals surface area contributed by atoms with E-state index in [1.54, 1.807) is 6.07 Å². The van der Waals surface area contributed by atoms with Crippen LogP contribution in [-0.2, 0) is 0 Å². The molecule has 0 atom stereocenters. The first kappa shape index (κ1) is 11.9. The van der Waals surface area contributed by atoms with E-state index in [1.807, 2.05) is 11.8 Å². The third-order valence-corrected chi connectivity index (χ3v) is 4.10. The number of rotatable bonds is 3. The predicted molar refractivity (Wildman–Crippen MR) is 66.1 cm³/mol. The molecule has 16 heavy (non-hydrogen) atoms. The zero-order valence-corrected chi connectivity index (χ0v) is 10.4. The second-order valence-corrected chi connectivity index (χ2v) is 5.44. The van der Waals surface area contributed by atoms with Gasteiger partial charge in [-0.3, -0.25) is 4.79 Å². The zero-order chi connectivity index (χ0) is 11.4. The van der Waals surface area contributed by atoms with Gasteiger partial charge in [-0.2, -0.15) is 11.8 Å². The van der Waals surface area contributed by atoms with E-state index >= 15 is 0 Å². The summed E-state index contributed by atoms with van der Waals surface area (Å²) in [6, 6.07) is 1.59. The smallest absolute Gasteiger partial charge is 0.256 e. The van der Waals surface area contributed by atoms with Gasteiger partial charge in [0.1, 0.15) is 0 Å². The highest BCUT2D eigenvalue weighted by molar-refractivity contribution is 7.99. The normalized spacial score (nSPS) is 17.3. The Hall–Kier alpha value is -0.610. The van der Waals surface area contributed by atoms with Crippen LogP contribution in [0.1, 0.15) is 23.2 Å². The topological polar surface area (TPSA) is 42.2 Å². The summed E-state index contributed by atoms with van der Waals surface area (Å²) in [5.74, 6) is 2.87. The van der Waals surface area contributed by atoms with E-state index < -0.39 is 0 Å². The first-order chi connectivity index (χ1) is 7.77. The maximum atomic E-state index is 11.7. The summed E-state index contributed by atoms with van der Waals surface area (Å²) in [5.41, 5.74) is 0.423. The number of furan rings is 1. The molecule has 2 heterocycles. The molecule has 0 aromatic carbocycles. The summed E-state index contributed by atoms with van der Waals surface area (Å²) in [6.07, 6.45) is 3.79. The standard InChI is InChI=1S/C11H14ClNO2S/c12-10-9(1-4-15-10)11(14)13-7-8-2-5-16-6-3-8/h1,4,8H,2-3,5-7H2,(H,13,14). The van der Waals surface area contributed by atoms with Gasteiger partial charge in [-0.25, -0.2) is 0 Å². The van der Waals surface area contributed by atoms with Crippen molar-refractivity contribution in [1.29, 1.82) is 0 Å². The van der Waals surface area contributed by atoms with Crippen LogP contribution in [0.5, 0.6) is 0 Å². The first-order valence-electron chi connectivity index (χ1n) is 5.36. The molecule has 0 unspecified atom stereocenters. The van der Waals surface area contributed by atoms with Crippen molar-refractivity contribution in [2.45, 2.75) is 12.8 Å². The third-order valence-electron chi connectivity index (χ3n) is 2.75. The lowest BCUT2D eigenvalue weighted by Gasteiger charge is -2.21. The Kier molecular flexibility index (Phi) is 4.18. The lowest BCUT2D eigenvalue weighted by molar-refractivity contribution is 0.0946. The Morgan fingerprint density at radius 1 is 1.56 bits per heavy atom. The van der Waals surface area contributed by atoms with E-state index in [0.717, 1.165) is 6.54 Å². The van der Waals surface area contributed by atoms with Gasteiger partial charge in [-0.15, -0.1) is 0 Å². The lowest BCUT2D eigenvalue weighted by atomic mass is 10.0. The van der Waals surface area contributed by atoms with Gasteiger partial charge < -0.3 is 9.73 Å². The molecule has 0 aliphatic carbocycles. The molecule has 1 amide bonds. The molecular formula is C11H14ClNO2S. The second kappa shape index (κ2) is 5.64. The molecule has 0 saturated carbocycles. The Bertz CT molecular complexity index is 361. The minimum absolute atomic E-state index is 0.142. The quantitative estimate of drug-likeness (QED) is 0.908. The Labute approximate surface area is 104 Å². The minimum Gasteiger partial charge on any atom is -0.452 e. The van der Waals surface area contributed by atoms with Crippen molar-refractivity contribution in [3.8, 4) is 0 Å². The van der Waals surface area contributed by atoms with E-state index in [1.165, 1.54) is 30.6 Å². The molecule has 1 fully saturated rings. The van der Waals surface area contributed by atoms with Gasteiger partial charge in [0.05, 0.1) is 11.8 Å². The van der Waals surface area contributed by atoms with Gasteiger partial charge in [-0.1, -0.05) is 0 Å². The molecular weight excluding hydrogens is 246 g/mol. The number of nitrogens with one attached hydrogen (secondary N) is 1. The molecule has 2 rings (SSSR count). The number of amides is 1. The molecule has 5 heteroatoms. The van der Waals surface area contributed by atoms with Gasteiger partial charge in [0.2, 0.25) is 5.22 Å². The molecule has 0 spiro atoms. The van der Waals surface area contributed by atoms with Gasteiger partial charge in [-0.05, 0) is 47.9 Å². The third kappa shape index (κ3) is 2.95. The molecule has 1 saturated heterocycles. The van der Waals surface area contributed by atoms with E-state index in [0.29, 0.717) is 11.5 Å². The van der Waals surface area contributed by atoms with Crippen LogP contribution in [-0.4, -0.2) is 24.0 Å². The number of carbonyl (C=O) groups excluding carboxylic acids is 1. The van der Waals surface area contributed by atoms with Crippen molar-refractivity contribution in [3.05, 3.63) is 23.1 Å². The minimum atomic E-state index is -0.142. The number of halogens is 1. The van der Waals surface area contributed by atoms with Gasteiger partial charge >= 0.3 is 0 Å². The summed E-state index contributed by atoms with van der Waals surface area (Å²) < 4.78 is 4.88. The highest BCUT2D eigenvalue weighted by Gasteiger charge is 2.17. The molecule has 0 radical (unpaired) electrons. The number of carbonyl (C=O) groups is 1. The summed E-state index contributed by atoms with van der Waals surface area (Å²) in [5, 5.41) is 3.07. The van der Waals surface area contributed by atoms with Gasteiger partial charge in [0.25, 0.3) is 5.91 Å². The maximum Gasteiger partial charge on any atom is 0.256 e. The first-order valence-corrected chi connectivity index (χ1v) is 6.89. The second-order valence-electron chi connectivity index (χ2n) is 3.87. The molecule has 1 aromatic rings. The van der Waals surface area contributed by atoms with Crippen molar-refractivity contribution in [2.75, 3.05) is 18.1 Å². The molecule has 1 aliphatic heterocycles. The molecule has 0 bridgehead atoms. The van der Waals surface area contributed by atoms with E-state index in [2.05, 4.69) is 5.32 Å². The largest absolute Gasteiger partial charge is 0.452 e. The van der Waals surface area contributed by atoms with Crippen molar-refractivity contribution in [3.63, 3.8) is 0 Å². The van der Waals surface area contributed by atoms with Crippen molar-refractivity contribution in [1.82, 2.24) is 5.32 Å². The molecule has 1 N–H and O–H groups in total. The van der Waals surface area contributed by atoms with Crippen LogP contribution >= 0.6 is 23.4 Å². The average Bonchev–Trinajstić information content (AvgIpc) is 2.74. The van der Waals surface area contributed by atoms with Crippen molar-refractivity contribution in [2.24, 2.45) is 5.92 Å². The predicted octanol–water partition coefficient (Wildman–Crippen LogP) is 2.81. The van der Waals surface area contributed by atoms with Gasteiger partial charge in [0.15, 0.2) is 0 Å². The summed E-state index contributed by atoms with van der Waals surface area (Å²) in [4.78, 5) is 11.7. The highest BCUT2D eigenvalue weighted by atomic mass is 35.5. The van der Waals surface area contributed by atoms with Crippen LogP contribution < -0.4 is 5.32 Å². The molecule has 1 aliphatic rings. The highest BCUT2D eigenvalue weighted by Crippen LogP contribution is 2.22. The van der Waals surface area contributed by atoms with Crippen LogP contribution in [0.25, 0.3) is 0 Å². The average molecular weight is 260 g/mol. The summed E-state index contributed by atoms with van der Waals surface area (Å²) in [6.45, 7) is 0.737. The molecule has 3 nitrogen and oxygen atoms in total. The van der Waals surface area contributed by atoms with Crippen LogP contribution in [0.15, 0.2) is 16.7 Å². The van der Waals surface area contributed by atoms with Crippen LogP contribution in [0.3, 0.4) is 0 Å². The van der Waals surface area contributed by atoms with E-state index in [4.69, 9.17) is 16.0 Å². The summed E-state index contributed by atoms with van der Waals surface area (Å²) in [7, 11) is 0. The Morgan fingerprint density at radius 3 is 2.94 bits per heavy atom. The fourth-order valence-electron chi connectivity index (χ4n) is 1.74. The molecule has 1 aromatic heterocycles. The number of hydrogen-bond donors (Lipinski definition) is 1. The zero-order valence-electron chi connectivity index (χ0n) is 8.87. The SMILES string of the molecule is O=C(NCC1CCSCC1)c1ccoc1Cl. The van der Waals surface area contributed by atoms with Crippen LogP contribution in [0, 0.1) is 5.92 Å². The summed E-state index contributed by atoms with van der Waals surface area (Å²) >= 11 is 7.71. The van der Waals surface area contributed by atoms with Crippen molar-refractivity contribution < 1.29 is 9.21 Å². The van der Waals surface area contributed by atoms with E-state index in [-0.39, 0.29) is 11.1 Å². The Morgan fingerprint density at radius 2 is 2.31 bits per heavy atom. The maximum absolute atomic E-state index is 11.7. The number of hydrogen-bond acceptors (Lipinski definition) is 3. The monoisotopic (exact) mass is 259 g/mol. The van der Waals surface area contributed by atoms with Crippen molar-refractivity contribution >= 4 is 29.3 Å². The van der Waals surface area contributed by atoms with Crippen LogP contribution in [0.2, 0.25) is 5.22 Å². The fraction of sp³-hybridized carbons (Fsp3) is 0.545. The van der Waals surface area contributed by atoms with Crippen LogP contribution in [0.4, 0.5) is 0 Å². The number of thioether (sulfide) groups is 1. The van der Waals surface area contributed by atoms with Gasteiger partial charge in [0, 0.05) is 6.54 Å². The lowest BCUT2D eigenvalue weighted by Crippen LogP contribution is -2.30. The fourth-order valence-corrected chi connectivity index (χ4v) is 3.14. The van der Waals surface area contributed by atoms with E-state index in [9.17, 15) is 4.79 Å².